The molecule has 0 aliphatic rings. The summed E-state index contributed by atoms with van der Waals surface area (Å²) in [5.41, 5.74) is 1.32. The molecule has 1 N–H and O–H groups in total. The zero-order valence-electron chi connectivity index (χ0n) is 10.5. The fourth-order valence-corrected chi connectivity index (χ4v) is 3.10. The zero-order valence-corrected chi connectivity index (χ0v) is 11.4. The van der Waals surface area contributed by atoms with Crippen molar-refractivity contribution >= 4 is 18.0 Å². The first-order chi connectivity index (χ1) is 9.03. The van der Waals surface area contributed by atoms with Crippen LogP contribution in [-0.2, 0) is 4.57 Å². The molecule has 2 aromatic carbocycles. The Bertz CT molecular complexity index is 589. The van der Waals surface area contributed by atoms with E-state index in [-0.39, 0.29) is 10.6 Å². The standard InChI is InChI=1S/C16H15O2P/c1-13(15-9-5-3-6-10-15)19(17,18)14(2)16-11-7-4-8-12-16/h3-12H,1-2H2,(H,17,18). The Kier molecular flexibility index (Phi) is 3.84. The average Bonchev–Trinajstić information content (AvgIpc) is 2.47. The van der Waals surface area contributed by atoms with Crippen molar-refractivity contribution < 1.29 is 9.46 Å². The van der Waals surface area contributed by atoms with E-state index in [2.05, 4.69) is 13.2 Å². The molecule has 0 spiro atoms. The van der Waals surface area contributed by atoms with Crippen molar-refractivity contribution in [3.8, 4) is 0 Å². The lowest BCUT2D eigenvalue weighted by Crippen LogP contribution is -1.90. The molecular formula is C16H15O2P. The summed E-state index contributed by atoms with van der Waals surface area (Å²) in [7, 11) is -3.71. The highest BCUT2D eigenvalue weighted by Crippen LogP contribution is 2.63. The lowest BCUT2D eigenvalue weighted by Gasteiger charge is -2.17. The molecule has 0 fully saturated rings. The molecule has 0 atom stereocenters. The summed E-state index contributed by atoms with van der Waals surface area (Å²) in [5, 5.41) is 0.420. The third kappa shape index (κ3) is 2.76. The van der Waals surface area contributed by atoms with E-state index in [4.69, 9.17) is 0 Å². The minimum absolute atomic E-state index is 0.210. The smallest absolute Gasteiger partial charge is 0.258 e. The Hall–Kier alpha value is -1.89. The van der Waals surface area contributed by atoms with Crippen molar-refractivity contribution in [1.82, 2.24) is 0 Å². The molecule has 96 valence electrons. The second-order valence-electron chi connectivity index (χ2n) is 4.20. The minimum atomic E-state index is -3.71. The molecule has 0 saturated carbocycles. The van der Waals surface area contributed by atoms with Crippen molar-refractivity contribution in [3.63, 3.8) is 0 Å². The lowest BCUT2D eigenvalue weighted by atomic mass is 10.2. The van der Waals surface area contributed by atoms with Crippen LogP contribution in [-0.4, -0.2) is 4.89 Å². The third-order valence-electron chi connectivity index (χ3n) is 2.95. The highest BCUT2D eigenvalue weighted by molar-refractivity contribution is 7.78. The molecule has 2 aromatic rings. The molecule has 0 aliphatic carbocycles. The van der Waals surface area contributed by atoms with Gasteiger partial charge < -0.3 is 4.89 Å². The van der Waals surface area contributed by atoms with E-state index in [0.29, 0.717) is 11.1 Å². The monoisotopic (exact) mass is 270 g/mol. The molecule has 0 amide bonds. The van der Waals surface area contributed by atoms with Gasteiger partial charge in [-0.3, -0.25) is 4.57 Å². The van der Waals surface area contributed by atoms with E-state index in [1.54, 1.807) is 24.3 Å². The van der Waals surface area contributed by atoms with E-state index < -0.39 is 7.37 Å². The Balaban J connectivity index is 2.36. The van der Waals surface area contributed by atoms with Crippen LogP contribution in [0.15, 0.2) is 73.8 Å². The summed E-state index contributed by atoms with van der Waals surface area (Å²) in [5.74, 6) is 0. The van der Waals surface area contributed by atoms with Crippen LogP contribution in [0.3, 0.4) is 0 Å². The molecule has 3 heteroatoms. The van der Waals surface area contributed by atoms with Crippen molar-refractivity contribution in [1.29, 1.82) is 0 Å². The van der Waals surface area contributed by atoms with Gasteiger partial charge in [0.05, 0.1) is 0 Å². The van der Waals surface area contributed by atoms with Crippen LogP contribution in [0.25, 0.3) is 10.6 Å². The molecule has 0 saturated heterocycles. The van der Waals surface area contributed by atoms with Gasteiger partial charge in [0.1, 0.15) is 0 Å². The second kappa shape index (κ2) is 5.40. The largest absolute Gasteiger partial charge is 0.338 e. The van der Waals surface area contributed by atoms with Gasteiger partial charge in [0.15, 0.2) is 0 Å². The van der Waals surface area contributed by atoms with Crippen LogP contribution in [0.4, 0.5) is 0 Å². The maximum atomic E-state index is 12.6. The summed E-state index contributed by atoms with van der Waals surface area (Å²) < 4.78 is 12.6. The molecule has 0 aliphatic heterocycles. The summed E-state index contributed by atoms with van der Waals surface area (Å²) in [6.07, 6.45) is 0. The van der Waals surface area contributed by atoms with Crippen LogP contribution in [0.5, 0.6) is 0 Å². The number of hydrogen-bond acceptors (Lipinski definition) is 1. The molecule has 19 heavy (non-hydrogen) atoms. The SMILES string of the molecule is C=C(c1ccccc1)P(=O)(O)C(=C)c1ccccc1. The van der Waals surface area contributed by atoms with Gasteiger partial charge in [-0.2, -0.15) is 0 Å². The average molecular weight is 270 g/mol. The Morgan fingerprint density at radius 1 is 0.789 bits per heavy atom. The highest BCUT2D eigenvalue weighted by Gasteiger charge is 2.28. The molecule has 2 rings (SSSR count). The van der Waals surface area contributed by atoms with Crippen molar-refractivity contribution in [2.24, 2.45) is 0 Å². The molecule has 0 heterocycles. The van der Waals surface area contributed by atoms with Crippen LogP contribution in [0, 0.1) is 0 Å². The van der Waals surface area contributed by atoms with E-state index >= 15 is 0 Å². The van der Waals surface area contributed by atoms with Crippen molar-refractivity contribution in [3.05, 3.63) is 84.9 Å². The topological polar surface area (TPSA) is 37.3 Å². The quantitative estimate of drug-likeness (QED) is 0.824. The highest BCUT2D eigenvalue weighted by atomic mass is 31.2. The summed E-state index contributed by atoms with van der Waals surface area (Å²) >= 11 is 0. The molecule has 0 bridgehead atoms. The fraction of sp³-hybridized carbons (Fsp3) is 0. The van der Waals surface area contributed by atoms with Gasteiger partial charge in [-0.1, -0.05) is 73.8 Å². The number of benzene rings is 2. The first-order valence-electron chi connectivity index (χ1n) is 5.86. The van der Waals surface area contributed by atoms with Gasteiger partial charge in [0.2, 0.25) is 0 Å². The van der Waals surface area contributed by atoms with E-state index in [1.165, 1.54) is 0 Å². The normalized spacial score (nSPS) is 11.0. The van der Waals surface area contributed by atoms with Crippen molar-refractivity contribution in [2.45, 2.75) is 0 Å². The van der Waals surface area contributed by atoms with E-state index in [1.807, 2.05) is 36.4 Å². The molecule has 0 unspecified atom stereocenters. The maximum absolute atomic E-state index is 12.6. The predicted molar refractivity (Wildman–Crippen MR) is 80.8 cm³/mol. The Labute approximate surface area is 113 Å². The Morgan fingerprint density at radius 2 is 1.11 bits per heavy atom. The second-order valence-corrected chi connectivity index (χ2v) is 6.43. The zero-order chi connectivity index (χ0) is 13.9. The summed E-state index contributed by atoms with van der Waals surface area (Å²) in [6.45, 7) is 7.54. The van der Waals surface area contributed by atoms with Crippen LogP contribution < -0.4 is 0 Å². The number of rotatable bonds is 4. The maximum Gasteiger partial charge on any atom is 0.258 e. The van der Waals surface area contributed by atoms with Gasteiger partial charge in [-0.25, -0.2) is 0 Å². The van der Waals surface area contributed by atoms with Gasteiger partial charge in [0.25, 0.3) is 7.37 Å². The summed E-state index contributed by atoms with van der Waals surface area (Å²) in [4.78, 5) is 10.3. The van der Waals surface area contributed by atoms with Gasteiger partial charge in [-0.15, -0.1) is 0 Å². The summed E-state index contributed by atoms with van der Waals surface area (Å²) in [6, 6.07) is 18.0. The first kappa shape index (κ1) is 13.5. The molecular weight excluding hydrogens is 255 g/mol. The third-order valence-corrected chi connectivity index (χ3v) is 4.93. The Morgan fingerprint density at radius 3 is 1.42 bits per heavy atom. The fourth-order valence-electron chi connectivity index (χ4n) is 1.77. The number of hydrogen-bond donors (Lipinski definition) is 1. The molecule has 0 aromatic heterocycles. The van der Waals surface area contributed by atoms with Gasteiger partial charge in [0, 0.05) is 10.6 Å². The van der Waals surface area contributed by atoms with Gasteiger partial charge in [-0.05, 0) is 11.1 Å². The molecule has 0 radical (unpaired) electrons. The van der Waals surface area contributed by atoms with Crippen molar-refractivity contribution in [2.75, 3.05) is 0 Å². The van der Waals surface area contributed by atoms with Crippen LogP contribution in [0.2, 0.25) is 0 Å². The van der Waals surface area contributed by atoms with E-state index in [0.717, 1.165) is 0 Å². The predicted octanol–water partition coefficient (Wildman–Crippen LogP) is 4.60. The first-order valence-corrected chi connectivity index (χ1v) is 7.52. The lowest BCUT2D eigenvalue weighted by molar-refractivity contribution is 0.502. The van der Waals surface area contributed by atoms with Crippen LogP contribution in [0.1, 0.15) is 11.1 Å². The minimum Gasteiger partial charge on any atom is -0.338 e. The van der Waals surface area contributed by atoms with E-state index in [9.17, 15) is 9.46 Å². The molecule has 2 nitrogen and oxygen atoms in total. The van der Waals surface area contributed by atoms with Crippen LogP contribution >= 0.6 is 7.37 Å². The van der Waals surface area contributed by atoms with Gasteiger partial charge >= 0.3 is 0 Å².